The molecule has 0 atom stereocenters. The molecule has 2 aromatic carbocycles. The number of anilines is 1. The van der Waals surface area contributed by atoms with Crippen LogP contribution in [0.1, 0.15) is 20.3 Å². The number of methoxy groups -OCH3 is 1. The fourth-order valence-corrected chi connectivity index (χ4v) is 3.56. The van der Waals surface area contributed by atoms with Gasteiger partial charge in [0.2, 0.25) is 5.89 Å². The van der Waals surface area contributed by atoms with Gasteiger partial charge in [-0.05, 0) is 48.2 Å². The predicted octanol–water partition coefficient (Wildman–Crippen LogP) is 5.10. The van der Waals surface area contributed by atoms with E-state index in [4.69, 9.17) is 9.15 Å². The van der Waals surface area contributed by atoms with Crippen molar-refractivity contribution in [3.05, 3.63) is 48.4 Å². The molecule has 0 aliphatic carbocycles. The van der Waals surface area contributed by atoms with Crippen LogP contribution in [-0.2, 0) is 0 Å². The average Bonchev–Trinajstić information content (AvgIpc) is 3.31. The fraction of sp³-hybridized carbons (Fsp3) is 0.318. The van der Waals surface area contributed by atoms with Gasteiger partial charge in [0.1, 0.15) is 0 Å². The number of hydrogen-bond donors (Lipinski definition) is 1. The summed E-state index contributed by atoms with van der Waals surface area (Å²) >= 11 is 0. The second kappa shape index (κ2) is 6.86. The highest BCUT2D eigenvalue weighted by atomic mass is 19.1. The van der Waals surface area contributed by atoms with Gasteiger partial charge in [0, 0.05) is 29.9 Å². The van der Waals surface area contributed by atoms with Crippen LogP contribution in [0.25, 0.3) is 22.8 Å². The summed E-state index contributed by atoms with van der Waals surface area (Å²) < 4.78 is 24.7. The second-order valence-corrected chi connectivity index (χ2v) is 7.92. The standard InChI is InChI=1S/C22H23FN2O3/c1-22(2)8-9-25(13-22)16-6-4-14(5-7-16)21-24-12-19(28-21)15-10-17(23)20(26)18(11-15)27-3/h4-7,10-12,26H,8-9,13H2,1-3H3. The van der Waals surface area contributed by atoms with Gasteiger partial charge in [0.25, 0.3) is 0 Å². The van der Waals surface area contributed by atoms with E-state index in [1.165, 1.54) is 37.5 Å². The molecule has 3 aromatic rings. The molecule has 1 fully saturated rings. The molecule has 6 heteroatoms. The molecular formula is C22H23FN2O3. The van der Waals surface area contributed by atoms with E-state index in [1.54, 1.807) is 0 Å². The van der Waals surface area contributed by atoms with Gasteiger partial charge >= 0.3 is 0 Å². The minimum absolute atomic E-state index is 0.0471. The lowest BCUT2D eigenvalue weighted by atomic mass is 9.93. The normalized spacial score (nSPS) is 15.8. The molecule has 4 rings (SSSR count). The topological polar surface area (TPSA) is 58.7 Å². The number of phenols is 1. The van der Waals surface area contributed by atoms with Crippen molar-refractivity contribution in [2.75, 3.05) is 25.1 Å². The minimum atomic E-state index is -0.773. The summed E-state index contributed by atoms with van der Waals surface area (Å²) in [5.74, 6) is -0.393. The van der Waals surface area contributed by atoms with Crippen molar-refractivity contribution in [2.24, 2.45) is 5.41 Å². The summed E-state index contributed by atoms with van der Waals surface area (Å²) in [5.41, 5.74) is 2.82. The van der Waals surface area contributed by atoms with Crippen molar-refractivity contribution in [3.63, 3.8) is 0 Å². The molecule has 146 valence electrons. The molecule has 0 amide bonds. The molecule has 1 aromatic heterocycles. The molecule has 0 bridgehead atoms. The zero-order valence-electron chi connectivity index (χ0n) is 16.2. The van der Waals surface area contributed by atoms with Crippen LogP contribution in [0, 0.1) is 11.2 Å². The minimum Gasteiger partial charge on any atom is -0.502 e. The van der Waals surface area contributed by atoms with Crippen molar-refractivity contribution in [1.82, 2.24) is 4.98 Å². The van der Waals surface area contributed by atoms with Gasteiger partial charge in [-0.25, -0.2) is 9.37 Å². The number of phenolic OH excluding ortho intramolecular Hbond substituents is 1. The van der Waals surface area contributed by atoms with Crippen LogP contribution >= 0.6 is 0 Å². The SMILES string of the molecule is COc1cc(-c2cnc(-c3ccc(N4CCC(C)(C)C4)cc3)o2)cc(F)c1O. The number of ether oxygens (including phenoxy) is 1. The van der Waals surface area contributed by atoms with Crippen LogP contribution in [0.2, 0.25) is 0 Å². The highest BCUT2D eigenvalue weighted by molar-refractivity contribution is 5.66. The van der Waals surface area contributed by atoms with Crippen molar-refractivity contribution in [2.45, 2.75) is 20.3 Å². The van der Waals surface area contributed by atoms with E-state index >= 15 is 0 Å². The lowest BCUT2D eigenvalue weighted by Crippen LogP contribution is -2.22. The van der Waals surface area contributed by atoms with Crippen LogP contribution in [0.15, 0.2) is 47.0 Å². The number of nitrogens with zero attached hydrogens (tertiary/aromatic N) is 2. The molecule has 1 aliphatic rings. The van der Waals surface area contributed by atoms with Gasteiger partial charge in [-0.1, -0.05) is 13.8 Å². The number of oxazole rings is 1. The highest BCUT2D eigenvalue weighted by Crippen LogP contribution is 2.36. The third-order valence-corrected chi connectivity index (χ3v) is 5.20. The second-order valence-electron chi connectivity index (χ2n) is 7.92. The van der Waals surface area contributed by atoms with E-state index in [1.807, 2.05) is 12.1 Å². The smallest absolute Gasteiger partial charge is 0.226 e. The van der Waals surface area contributed by atoms with Crippen LogP contribution in [0.4, 0.5) is 10.1 Å². The Labute approximate surface area is 163 Å². The summed E-state index contributed by atoms with van der Waals surface area (Å²) in [7, 11) is 1.37. The van der Waals surface area contributed by atoms with Crippen molar-refractivity contribution in [1.29, 1.82) is 0 Å². The first-order valence-electron chi connectivity index (χ1n) is 9.24. The summed E-state index contributed by atoms with van der Waals surface area (Å²) in [6, 6.07) is 10.8. The number of hydrogen-bond acceptors (Lipinski definition) is 5. The van der Waals surface area contributed by atoms with E-state index in [9.17, 15) is 9.50 Å². The maximum absolute atomic E-state index is 13.9. The van der Waals surface area contributed by atoms with Gasteiger partial charge in [0.15, 0.2) is 23.1 Å². The lowest BCUT2D eigenvalue weighted by Gasteiger charge is -2.21. The highest BCUT2D eigenvalue weighted by Gasteiger charge is 2.29. The number of benzene rings is 2. The molecule has 1 aliphatic heterocycles. The monoisotopic (exact) mass is 382 g/mol. The van der Waals surface area contributed by atoms with Crippen LogP contribution in [-0.4, -0.2) is 30.3 Å². The fourth-order valence-electron chi connectivity index (χ4n) is 3.56. The maximum Gasteiger partial charge on any atom is 0.226 e. The molecule has 5 nitrogen and oxygen atoms in total. The Morgan fingerprint density at radius 2 is 1.93 bits per heavy atom. The van der Waals surface area contributed by atoms with Crippen LogP contribution in [0.3, 0.4) is 0 Å². The van der Waals surface area contributed by atoms with E-state index < -0.39 is 11.6 Å². The van der Waals surface area contributed by atoms with Gasteiger partial charge < -0.3 is 19.2 Å². The first-order valence-corrected chi connectivity index (χ1v) is 9.24. The van der Waals surface area contributed by atoms with E-state index in [-0.39, 0.29) is 5.75 Å². The first-order chi connectivity index (χ1) is 13.4. The zero-order chi connectivity index (χ0) is 19.9. The number of aromatic nitrogens is 1. The van der Waals surface area contributed by atoms with E-state index in [0.29, 0.717) is 22.6 Å². The third kappa shape index (κ3) is 3.42. The Balaban J connectivity index is 1.57. The Bertz CT molecular complexity index is 996. The molecule has 0 spiro atoms. The van der Waals surface area contributed by atoms with Crippen molar-refractivity contribution in [3.8, 4) is 34.3 Å². The Hall–Kier alpha value is -3.02. The van der Waals surface area contributed by atoms with Gasteiger partial charge in [-0.2, -0.15) is 0 Å². The Kier molecular flexibility index (Phi) is 4.49. The molecule has 28 heavy (non-hydrogen) atoms. The predicted molar refractivity (Wildman–Crippen MR) is 106 cm³/mol. The Morgan fingerprint density at radius 3 is 2.57 bits per heavy atom. The number of halogens is 1. The summed E-state index contributed by atoms with van der Waals surface area (Å²) in [6.45, 7) is 6.68. The average molecular weight is 382 g/mol. The van der Waals surface area contributed by atoms with Crippen molar-refractivity contribution >= 4 is 5.69 Å². The summed E-state index contributed by atoms with van der Waals surface area (Å²) in [4.78, 5) is 6.70. The van der Waals surface area contributed by atoms with Gasteiger partial charge in [0.05, 0.1) is 13.3 Å². The van der Waals surface area contributed by atoms with E-state index in [0.717, 1.165) is 18.7 Å². The quantitative estimate of drug-likeness (QED) is 0.680. The molecule has 1 saturated heterocycles. The third-order valence-electron chi connectivity index (χ3n) is 5.20. The summed E-state index contributed by atoms with van der Waals surface area (Å²) in [5, 5.41) is 9.65. The molecule has 0 unspecified atom stereocenters. The molecule has 0 radical (unpaired) electrons. The molecule has 2 heterocycles. The number of aromatic hydroxyl groups is 1. The summed E-state index contributed by atoms with van der Waals surface area (Å²) in [6.07, 6.45) is 2.72. The van der Waals surface area contributed by atoms with Crippen molar-refractivity contribution < 1.29 is 18.7 Å². The van der Waals surface area contributed by atoms with Crippen LogP contribution < -0.4 is 9.64 Å². The molecule has 0 saturated carbocycles. The van der Waals surface area contributed by atoms with Crippen LogP contribution in [0.5, 0.6) is 11.5 Å². The Morgan fingerprint density at radius 1 is 1.18 bits per heavy atom. The first kappa shape index (κ1) is 18.3. The molecular weight excluding hydrogens is 359 g/mol. The van der Waals surface area contributed by atoms with Gasteiger partial charge in [-0.15, -0.1) is 0 Å². The molecule has 1 N–H and O–H groups in total. The van der Waals surface area contributed by atoms with Gasteiger partial charge in [-0.3, -0.25) is 0 Å². The largest absolute Gasteiger partial charge is 0.502 e. The zero-order valence-corrected chi connectivity index (χ0v) is 16.2. The number of rotatable bonds is 4. The maximum atomic E-state index is 13.9. The van der Waals surface area contributed by atoms with E-state index in [2.05, 4.69) is 35.9 Å². The lowest BCUT2D eigenvalue weighted by molar-refractivity contribution is 0.357.